The van der Waals surface area contributed by atoms with Gasteiger partial charge in [-0.2, -0.15) is 0 Å². The van der Waals surface area contributed by atoms with Gasteiger partial charge in [-0.1, -0.05) is 13.8 Å². The molecule has 0 saturated carbocycles. The molecule has 2 rings (SSSR count). The van der Waals surface area contributed by atoms with Crippen LogP contribution in [-0.4, -0.2) is 10.0 Å². The summed E-state index contributed by atoms with van der Waals surface area (Å²) in [6.07, 6.45) is -0.339. The van der Waals surface area contributed by atoms with Crippen molar-refractivity contribution in [3.05, 3.63) is 72.8 Å². The maximum absolute atomic E-state index is 12.3. The molecular weight excluding hydrogens is 310 g/mol. The predicted molar refractivity (Wildman–Crippen MR) is 90.3 cm³/mol. The molecule has 6 heteroatoms. The van der Waals surface area contributed by atoms with Crippen molar-refractivity contribution in [3.63, 3.8) is 0 Å². The monoisotopic (exact) mass is 331 g/mol. The van der Waals surface area contributed by atoms with Crippen LogP contribution in [0.15, 0.2) is 33.5 Å². The Kier molecular flexibility index (Phi) is 5.19. The van der Waals surface area contributed by atoms with Gasteiger partial charge in [0.05, 0.1) is 11.0 Å². The zero-order valence-corrected chi connectivity index (χ0v) is 14.2. The van der Waals surface area contributed by atoms with E-state index in [1.807, 2.05) is 6.92 Å². The van der Waals surface area contributed by atoms with Gasteiger partial charge in [0.1, 0.15) is 11.5 Å². The molecule has 0 saturated heterocycles. The van der Waals surface area contributed by atoms with E-state index in [0.717, 1.165) is 0 Å². The van der Waals surface area contributed by atoms with E-state index in [4.69, 9.17) is 4.42 Å². The van der Waals surface area contributed by atoms with Crippen LogP contribution in [0.2, 0.25) is 0 Å². The number of non-ortho nitro benzene ring substituents is 1. The molecule has 0 aliphatic carbocycles. The van der Waals surface area contributed by atoms with Crippen LogP contribution >= 0.6 is 0 Å². The van der Waals surface area contributed by atoms with E-state index < -0.39 is 16.9 Å². The third kappa shape index (κ3) is 3.23. The number of rotatable bonds is 5. The summed E-state index contributed by atoms with van der Waals surface area (Å²) < 4.78 is 5.87. The summed E-state index contributed by atoms with van der Waals surface area (Å²) in [6, 6.07) is 5.73. The van der Waals surface area contributed by atoms with Crippen molar-refractivity contribution in [2.24, 2.45) is 0 Å². The lowest BCUT2D eigenvalue weighted by molar-refractivity contribution is -0.384. The summed E-state index contributed by atoms with van der Waals surface area (Å²) in [5, 5.41) is 21.3. The molecule has 128 valence electrons. The second-order valence-corrected chi connectivity index (χ2v) is 5.90. The molecule has 0 aliphatic heterocycles. The molecule has 2 aromatic rings. The Morgan fingerprint density at radius 3 is 2.29 bits per heavy atom. The van der Waals surface area contributed by atoms with Crippen LogP contribution in [0.3, 0.4) is 0 Å². The van der Waals surface area contributed by atoms with Crippen molar-refractivity contribution in [2.75, 3.05) is 0 Å². The van der Waals surface area contributed by atoms with Crippen LogP contribution in [0.25, 0.3) is 0 Å². The maximum Gasteiger partial charge on any atom is 0.269 e. The SMILES string of the molecule is CCc1oc([C@@H](C)[C@@H](O)c2ccc([N+](=O)[O-])cc2)c(C)c(=O)c1C. The van der Waals surface area contributed by atoms with Gasteiger partial charge in [-0.25, -0.2) is 0 Å². The molecule has 1 aromatic heterocycles. The molecule has 0 fully saturated rings. The smallest absolute Gasteiger partial charge is 0.269 e. The van der Waals surface area contributed by atoms with Gasteiger partial charge >= 0.3 is 0 Å². The van der Waals surface area contributed by atoms with Crippen LogP contribution in [0.1, 0.15) is 54.1 Å². The predicted octanol–water partition coefficient (Wildman–Crippen LogP) is 3.56. The standard InChI is InChI=1S/C18H21NO5/c1-5-15-10(2)16(20)11(3)18(24-15)12(4)17(21)13-6-8-14(9-7-13)19(22)23/h6-9,12,17,21H,5H2,1-4H3/t12-,17+/m0/s1. The van der Waals surface area contributed by atoms with E-state index in [9.17, 15) is 20.0 Å². The molecule has 0 bridgehead atoms. The van der Waals surface area contributed by atoms with Gasteiger partial charge in [0.25, 0.3) is 5.69 Å². The van der Waals surface area contributed by atoms with E-state index in [2.05, 4.69) is 0 Å². The van der Waals surface area contributed by atoms with Crippen LogP contribution in [0.5, 0.6) is 0 Å². The van der Waals surface area contributed by atoms with E-state index in [-0.39, 0.29) is 11.1 Å². The van der Waals surface area contributed by atoms with E-state index >= 15 is 0 Å². The van der Waals surface area contributed by atoms with Crippen LogP contribution < -0.4 is 5.43 Å². The Morgan fingerprint density at radius 2 is 1.79 bits per heavy atom. The summed E-state index contributed by atoms with van der Waals surface area (Å²) in [5.74, 6) is 0.613. The molecular formula is C18H21NO5. The number of nitro groups is 1. The number of aryl methyl sites for hydroxylation is 1. The average Bonchev–Trinajstić information content (AvgIpc) is 2.59. The van der Waals surface area contributed by atoms with Crippen molar-refractivity contribution < 1.29 is 14.4 Å². The molecule has 1 N–H and O–H groups in total. The Morgan fingerprint density at radius 1 is 1.21 bits per heavy atom. The van der Waals surface area contributed by atoms with Gasteiger partial charge in [-0.15, -0.1) is 0 Å². The van der Waals surface area contributed by atoms with Gasteiger partial charge < -0.3 is 9.52 Å². The van der Waals surface area contributed by atoms with E-state index in [0.29, 0.717) is 34.6 Å². The topological polar surface area (TPSA) is 93.6 Å². The summed E-state index contributed by atoms with van der Waals surface area (Å²) in [6.45, 7) is 7.10. The highest BCUT2D eigenvalue weighted by molar-refractivity contribution is 5.35. The number of hydrogen-bond acceptors (Lipinski definition) is 5. The highest BCUT2D eigenvalue weighted by Gasteiger charge is 2.25. The summed E-state index contributed by atoms with van der Waals surface area (Å²) in [7, 11) is 0. The van der Waals surface area contributed by atoms with Crippen molar-refractivity contribution in [1.29, 1.82) is 0 Å². The molecule has 2 atom stereocenters. The Balaban J connectivity index is 2.40. The molecule has 0 radical (unpaired) electrons. The lowest BCUT2D eigenvalue weighted by atomic mass is 9.92. The minimum absolute atomic E-state index is 0.0371. The van der Waals surface area contributed by atoms with E-state index in [1.54, 1.807) is 20.8 Å². The number of nitro benzene ring substituents is 1. The fourth-order valence-electron chi connectivity index (χ4n) is 2.80. The van der Waals surface area contributed by atoms with E-state index in [1.165, 1.54) is 24.3 Å². The summed E-state index contributed by atoms with van der Waals surface area (Å²) >= 11 is 0. The first kappa shape index (κ1) is 17.9. The third-order valence-corrected chi connectivity index (χ3v) is 4.36. The van der Waals surface area contributed by atoms with Gasteiger partial charge in [-0.05, 0) is 31.5 Å². The lowest BCUT2D eigenvalue weighted by Gasteiger charge is -2.21. The summed E-state index contributed by atoms with van der Waals surface area (Å²) in [4.78, 5) is 22.6. The quantitative estimate of drug-likeness (QED) is 0.668. The van der Waals surface area contributed by atoms with Crippen LogP contribution in [0.4, 0.5) is 5.69 Å². The van der Waals surface area contributed by atoms with Crippen molar-refractivity contribution in [3.8, 4) is 0 Å². The minimum atomic E-state index is -0.930. The number of benzene rings is 1. The number of hydrogen-bond donors (Lipinski definition) is 1. The Labute approximate surface area is 139 Å². The van der Waals surface area contributed by atoms with Crippen LogP contribution in [-0.2, 0) is 6.42 Å². The zero-order valence-electron chi connectivity index (χ0n) is 14.2. The molecule has 0 unspecified atom stereocenters. The highest BCUT2D eigenvalue weighted by atomic mass is 16.6. The van der Waals surface area contributed by atoms with Crippen molar-refractivity contribution in [1.82, 2.24) is 0 Å². The molecule has 1 heterocycles. The molecule has 6 nitrogen and oxygen atoms in total. The largest absolute Gasteiger partial charge is 0.465 e. The van der Waals surface area contributed by atoms with Crippen molar-refractivity contribution >= 4 is 5.69 Å². The number of aliphatic hydroxyl groups excluding tert-OH is 1. The first-order valence-electron chi connectivity index (χ1n) is 7.83. The van der Waals surface area contributed by atoms with Gasteiger partial charge in [0.15, 0.2) is 5.43 Å². The minimum Gasteiger partial charge on any atom is -0.465 e. The maximum atomic E-state index is 12.3. The molecule has 0 amide bonds. The first-order valence-corrected chi connectivity index (χ1v) is 7.83. The fraction of sp³-hybridized carbons (Fsp3) is 0.389. The van der Waals surface area contributed by atoms with Crippen molar-refractivity contribution in [2.45, 2.75) is 46.1 Å². The Hall–Kier alpha value is -2.47. The number of nitrogens with zero attached hydrogens (tertiary/aromatic N) is 1. The second-order valence-electron chi connectivity index (χ2n) is 5.90. The van der Waals surface area contributed by atoms with Gasteiger partial charge in [-0.3, -0.25) is 14.9 Å². The third-order valence-electron chi connectivity index (χ3n) is 4.36. The molecule has 0 spiro atoms. The Bertz CT molecular complexity index is 807. The first-order chi connectivity index (χ1) is 11.3. The zero-order chi connectivity index (χ0) is 18.0. The molecule has 1 aromatic carbocycles. The normalized spacial score (nSPS) is 13.5. The molecule has 24 heavy (non-hydrogen) atoms. The van der Waals surface area contributed by atoms with Crippen LogP contribution in [0, 0.1) is 24.0 Å². The van der Waals surface area contributed by atoms with Gasteiger partial charge in [0.2, 0.25) is 0 Å². The fourth-order valence-corrected chi connectivity index (χ4v) is 2.80. The molecule has 0 aliphatic rings. The lowest BCUT2D eigenvalue weighted by Crippen LogP contribution is -2.18. The highest BCUT2D eigenvalue weighted by Crippen LogP contribution is 2.33. The average molecular weight is 331 g/mol. The van der Waals surface area contributed by atoms with Gasteiger partial charge in [0, 0.05) is 35.6 Å². The number of aliphatic hydroxyl groups is 1. The summed E-state index contributed by atoms with van der Waals surface area (Å²) in [5.41, 5.74) is 1.50. The second kappa shape index (κ2) is 6.97.